The molecule has 9 heteroatoms. The van der Waals surface area contributed by atoms with Gasteiger partial charge in [-0.1, -0.05) is 18.2 Å². The molecule has 3 heterocycles. The van der Waals surface area contributed by atoms with Gasteiger partial charge in [0.05, 0.1) is 30.8 Å². The highest BCUT2D eigenvalue weighted by Gasteiger charge is 2.42. The van der Waals surface area contributed by atoms with Crippen LogP contribution in [0.2, 0.25) is 0 Å². The van der Waals surface area contributed by atoms with Crippen molar-refractivity contribution in [3.05, 3.63) is 77.1 Å². The van der Waals surface area contributed by atoms with Crippen LogP contribution in [-0.2, 0) is 17.5 Å². The number of methoxy groups -OCH3 is 1. The first-order valence-electron chi connectivity index (χ1n) is 10.3. The molecule has 33 heavy (non-hydrogen) atoms. The van der Waals surface area contributed by atoms with Crippen molar-refractivity contribution in [3.8, 4) is 17.2 Å². The molecule has 0 aliphatic carbocycles. The number of benzene rings is 2. The minimum Gasteiger partial charge on any atom is -0.496 e. The number of hydrogen-bond donors (Lipinski definition) is 0. The number of hydrogen-bond acceptors (Lipinski definition) is 5. The molecule has 2 aliphatic rings. The molecule has 0 bridgehead atoms. The first-order valence-corrected chi connectivity index (χ1v) is 10.3. The van der Waals surface area contributed by atoms with Crippen molar-refractivity contribution < 1.29 is 32.2 Å². The Bertz CT molecular complexity index is 1230. The average molecular weight is 456 g/mol. The third-order valence-electron chi connectivity index (χ3n) is 5.76. The standard InChI is InChI=1S/C24H19F3N2O4/c1-31-19-12-21-20(32-9-10-33-21)11-15(19)22-14-5-2-3-7-18(14)29(23(22)30)13-17-16(24(25,26)27)6-4-8-28-17/h2-8,11-12,22H,9-10,13H2,1H3. The lowest BCUT2D eigenvalue weighted by atomic mass is 9.91. The summed E-state index contributed by atoms with van der Waals surface area (Å²) < 4.78 is 57.4. The van der Waals surface area contributed by atoms with E-state index in [4.69, 9.17) is 14.2 Å². The fraction of sp³-hybridized carbons (Fsp3) is 0.250. The molecule has 5 rings (SSSR count). The average Bonchev–Trinajstić information content (AvgIpc) is 3.09. The predicted octanol–water partition coefficient (Wildman–Crippen LogP) is 4.56. The third kappa shape index (κ3) is 3.63. The number of ether oxygens (including phenoxy) is 3. The SMILES string of the molecule is COc1cc2c(cc1C1C(=O)N(Cc3ncccc3C(F)(F)F)c3ccccc31)OCCO2. The van der Waals surface area contributed by atoms with Crippen LogP contribution < -0.4 is 19.1 Å². The van der Waals surface area contributed by atoms with E-state index in [0.717, 1.165) is 6.07 Å². The molecule has 0 spiro atoms. The van der Waals surface area contributed by atoms with Crippen LogP contribution >= 0.6 is 0 Å². The van der Waals surface area contributed by atoms with Crippen LogP contribution in [0.4, 0.5) is 18.9 Å². The highest BCUT2D eigenvalue weighted by molar-refractivity contribution is 6.07. The van der Waals surface area contributed by atoms with Crippen molar-refractivity contribution in [2.75, 3.05) is 25.2 Å². The van der Waals surface area contributed by atoms with Gasteiger partial charge in [0.15, 0.2) is 11.5 Å². The summed E-state index contributed by atoms with van der Waals surface area (Å²) in [6.07, 6.45) is -3.29. The predicted molar refractivity (Wildman–Crippen MR) is 113 cm³/mol. The second-order valence-electron chi connectivity index (χ2n) is 7.65. The molecule has 1 amide bonds. The number of para-hydroxylation sites is 1. The van der Waals surface area contributed by atoms with E-state index in [1.165, 1.54) is 24.3 Å². The first kappa shape index (κ1) is 21.1. The Kier molecular flexibility index (Phi) is 5.11. The number of carbonyl (C=O) groups is 1. The summed E-state index contributed by atoms with van der Waals surface area (Å²) in [5.74, 6) is 0.295. The minimum atomic E-state index is -4.58. The third-order valence-corrected chi connectivity index (χ3v) is 5.76. The molecule has 6 nitrogen and oxygen atoms in total. The molecule has 3 aromatic rings. The van der Waals surface area contributed by atoms with Gasteiger partial charge in [0.25, 0.3) is 0 Å². The number of amides is 1. The molecule has 0 radical (unpaired) electrons. The molecule has 0 fully saturated rings. The fourth-order valence-corrected chi connectivity index (χ4v) is 4.31. The van der Waals surface area contributed by atoms with Gasteiger partial charge in [-0.3, -0.25) is 9.78 Å². The van der Waals surface area contributed by atoms with E-state index in [9.17, 15) is 18.0 Å². The normalized spacial score (nSPS) is 17.2. The Morgan fingerprint density at radius 2 is 1.79 bits per heavy atom. The molecular weight excluding hydrogens is 437 g/mol. The van der Waals surface area contributed by atoms with Gasteiger partial charge in [-0.15, -0.1) is 0 Å². The van der Waals surface area contributed by atoms with Crippen LogP contribution in [0.25, 0.3) is 0 Å². The molecule has 0 saturated carbocycles. The molecule has 1 aromatic heterocycles. The lowest BCUT2D eigenvalue weighted by molar-refractivity contribution is -0.138. The number of carbonyl (C=O) groups excluding carboxylic acids is 1. The quantitative estimate of drug-likeness (QED) is 0.576. The second-order valence-corrected chi connectivity index (χ2v) is 7.65. The van der Waals surface area contributed by atoms with Crippen molar-refractivity contribution in [1.82, 2.24) is 4.98 Å². The Labute approximate surface area is 187 Å². The summed E-state index contributed by atoms with van der Waals surface area (Å²) in [7, 11) is 1.49. The van der Waals surface area contributed by atoms with Crippen molar-refractivity contribution in [2.24, 2.45) is 0 Å². The van der Waals surface area contributed by atoms with Gasteiger partial charge in [-0.2, -0.15) is 13.2 Å². The van der Waals surface area contributed by atoms with Gasteiger partial charge >= 0.3 is 6.18 Å². The number of nitrogens with zero attached hydrogens (tertiary/aromatic N) is 2. The summed E-state index contributed by atoms with van der Waals surface area (Å²) in [6.45, 7) is 0.467. The number of rotatable bonds is 4. The summed E-state index contributed by atoms with van der Waals surface area (Å²) in [5, 5.41) is 0. The lowest BCUT2D eigenvalue weighted by Gasteiger charge is -2.23. The zero-order valence-electron chi connectivity index (χ0n) is 17.6. The van der Waals surface area contributed by atoms with Gasteiger partial charge in [0.2, 0.25) is 5.91 Å². The van der Waals surface area contributed by atoms with Crippen molar-refractivity contribution in [3.63, 3.8) is 0 Å². The Hall–Kier alpha value is -3.75. The van der Waals surface area contributed by atoms with E-state index in [1.807, 2.05) is 0 Å². The smallest absolute Gasteiger partial charge is 0.418 e. The largest absolute Gasteiger partial charge is 0.496 e. The molecule has 170 valence electrons. The Balaban J connectivity index is 1.59. The molecule has 2 aliphatic heterocycles. The summed E-state index contributed by atoms with van der Waals surface area (Å²) in [4.78, 5) is 18.9. The molecule has 0 saturated heterocycles. The Morgan fingerprint density at radius 1 is 1.06 bits per heavy atom. The van der Waals surface area contributed by atoms with Gasteiger partial charge in [-0.05, 0) is 29.8 Å². The number of alkyl halides is 3. The van der Waals surface area contributed by atoms with Crippen LogP contribution in [0.5, 0.6) is 17.2 Å². The monoisotopic (exact) mass is 456 g/mol. The molecule has 1 unspecified atom stereocenters. The molecular formula is C24H19F3N2O4. The van der Waals surface area contributed by atoms with Crippen LogP contribution in [-0.4, -0.2) is 31.2 Å². The first-order chi connectivity index (χ1) is 15.9. The van der Waals surface area contributed by atoms with Gasteiger partial charge in [0.1, 0.15) is 19.0 Å². The maximum atomic E-state index is 13.7. The fourth-order valence-electron chi connectivity index (χ4n) is 4.31. The van der Waals surface area contributed by atoms with Crippen LogP contribution in [0.15, 0.2) is 54.7 Å². The number of pyridine rings is 1. The van der Waals surface area contributed by atoms with E-state index in [0.29, 0.717) is 47.3 Å². The summed E-state index contributed by atoms with van der Waals surface area (Å²) in [6, 6.07) is 12.6. The Morgan fingerprint density at radius 3 is 2.52 bits per heavy atom. The maximum Gasteiger partial charge on any atom is 0.418 e. The van der Waals surface area contributed by atoms with Gasteiger partial charge in [0, 0.05) is 23.5 Å². The molecule has 0 N–H and O–H groups in total. The summed E-state index contributed by atoms with van der Waals surface area (Å²) >= 11 is 0. The van der Waals surface area contributed by atoms with Gasteiger partial charge < -0.3 is 19.1 Å². The topological polar surface area (TPSA) is 60.9 Å². The van der Waals surface area contributed by atoms with Crippen LogP contribution in [0, 0.1) is 0 Å². The number of anilines is 1. The number of aromatic nitrogens is 1. The lowest BCUT2D eigenvalue weighted by Crippen LogP contribution is -2.30. The maximum absolute atomic E-state index is 13.7. The van der Waals surface area contributed by atoms with Crippen LogP contribution in [0.3, 0.4) is 0 Å². The highest BCUT2D eigenvalue weighted by Crippen LogP contribution is 2.48. The zero-order chi connectivity index (χ0) is 23.2. The van der Waals surface area contributed by atoms with E-state index in [1.54, 1.807) is 36.4 Å². The zero-order valence-corrected chi connectivity index (χ0v) is 17.6. The number of fused-ring (bicyclic) bond motifs is 2. The van der Waals surface area contributed by atoms with Crippen molar-refractivity contribution in [2.45, 2.75) is 18.6 Å². The van der Waals surface area contributed by atoms with E-state index in [-0.39, 0.29) is 18.1 Å². The second kappa shape index (κ2) is 7.99. The summed E-state index contributed by atoms with van der Waals surface area (Å²) in [5.41, 5.74) is 0.669. The van der Waals surface area contributed by atoms with Crippen molar-refractivity contribution in [1.29, 1.82) is 0 Å². The molecule has 2 aromatic carbocycles. The highest BCUT2D eigenvalue weighted by atomic mass is 19.4. The van der Waals surface area contributed by atoms with Crippen molar-refractivity contribution >= 4 is 11.6 Å². The van der Waals surface area contributed by atoms with Crippen LogP contribution in [0.1, 0.15) is 28.3 Å². The van der Waals surface area contributed by atoms with Gasteiger partial charge in [-0.25, -0.2) is 0 Å². The van der Waals surface area contributed by atoms with E-state index < -0.39 is 17.7 Å². The number of halogens is 3. The van der Waals surface area contributed by atoms with E-state index in [2.05, 4.69) is 4.98 Å². The minimum absolute atomic E-state index is 0.219. The van der Waals surface area contributed by atoms with E-state index >= 15 is 0 Å². The molecule has 1 atom stereocenters.